The van der Waals surface area contributed by atoms with Gasteiger partial charge in [0.25, 0.3) is 0 Å². The van der Waals surface area contributed by atoms with Crippen LogP contribution in [-0.4, -0.2) is 22.8 Å². The summed E-state index contributed by atoms with van der Waals surface area (Å²) in [6.07, 6.45) is 2.62. The second-order valence-corrected chi connectivity index (χ2v) is 6.75. The van der Waals surface area contributed by atoms with Crippen LogP contribution in [0.5, 0.6) is 0 Å². The van der Waals surface area contributed by atoms with Crippen LogP contribution in [0.25, 0.3) is 11.0 Å². The summed E-state index contributed by atoms with van der Waals surface area (Å²) in [6, 6.07) is 9.99. The van der Waals surface area contributed by atoms with Gasteiger partial charge in [0, 0.05) is 6.54 Å². The molecular formula is C17H14Cl2FN3S. The molecule has 0 spiro atoms. The maximum absolute atomic E-state index is 13.2. The Morgan fingerprint density at radius 1 is 1.08 bits per heavy atom. The minimum Gasteiger partial charge on any atom is -0.367 e. The first-order chi connectivity index (χ1) is 11.6. The van der Waals surface area contributed by atoms with Gasteiger partial charge in [0.05, 0.1) is 21.1 Å². The van der Waals surface area contributed by atoms with E-state index < -0.39 is 0 Å². The van der Waals surface area contributed by atoms with Crippen molar-refractivity contribution in [2.24, 2.45) is 0 Å². The Morgan fingerprint density at radius 3 is 2.46 bits per heavy atom. The lowest BCUT2D eigenvalue weighted by molar-refractivity contribution is 0.625. The Kier molecular flexibility index (Phi) is 5.43. The van der Waals surface area contributed by atoms with E-state index in [4.69, 9.17) is 23.2 Å². The number of halogens is 3. The average molecular weight is 382 g/mol. The smallest absolute Gasteiger partial charge is 0.159 e. The highest BCUT2D eigenvalue weighted by atomic mass is 35.5. The number of hydrogen-bond donors (Lipinski definition) is 1. The first kappa shape index (κ1) is 17.3. The van der Waals surface area contributed by atoms with Gasteiger partial charge in [-0.2, -0.15) is 0 Å². The van der Waals surface area contributed by atoms with Crippen LogP contribution in [0.1, 0.15) is 5.56 Å². The molecule has 124 valence electrons. The Labute approximate surface area is 153 Å². The van der Waals surface area contributed by atoms with E-state index >= 15 is 0 Å². The van der Waals surface area contributed by atoms with Crippen molar-refractivity contribution < 1.29 is 4.39 Å². The van der Waals surface area contributed by atoms with Crippen LogP contribution >= 0.6 is 35.0 Å². The van der Waals surface area contributed by atoms with Crippen LogP contribution in [0, 0.1) is 5.82 Å². The van der Waals surface area contributed by atoms with Crippen molar-refractivity contribution >= 4 is 51.8 Å². The van der Waals surface area contributed by atoms with E-state index in [-0.39, 0.29) is 5.82 Å². The number of benzene rings is 2. The van der Waals surface area contributed by atoms with Crippen molar-refractivity contribution in [1.82, 2.24) is 9.97 Å². The molecule has 0 aliphatic carbocycles. The molecule has 0 atom stereocenters. The van der Waals surface area contributed by atoms with Crippen LogP contribution in [0.15, 0.2) is 41.4 Å². The number of hydrogen-bond acceptors (Lipinski definition) is 4. The molecule has 3 aromatic rings. The van der Waals surface area contributed by atoms with Crippen molar-refractivity contribution in [3.63, 3.8) is 0 Å². The third kappa shape index (κ3) is 3.91. The molecule has 0 bridgehead atoms. The number of nitrogens with zero attached hydrogens (tertiary/aromatic N) is 2. The summed E-state index contributed by atoms with van der Waals surface area (Å²) < 4.78 is 13.2. The fourth-order valence-corrected chi connectivity index (χ4v) is 3.13. The topological polar surface area (TPSA) is 37.8 Å². The van der Waals surface area contributed by atoms with Gasteiger partial charge in [-0.3, -0.25) is 0 Å². The molecule has 24 heavy (non-hydrogen) atoms. The molecule has 0 fully saturated rings. The molecule has 0 aliphatic heterocycles. The number of anilines is 1. The zero-order valence-electron chi connectivity index (χ0n) is 12.8. The minimum absolute atomic E-state index is 0.227. The summed E-state index contributed by atoms with van der Waals surface area (Å²) in [5.74, 6) is 0.458. The molecule has 0 radical (unpaired) electrons. The molecule has 1 N–H and O–H groups in total. The van der Waals surface area contributed by atoms with E-state index in [1.165, 1.54) is 23.9 Å². The van der Waals surface area contributed by atoms with E-state index in [0.717, 1.165) is 10.6 Å². The van der Waals surface area contributed by atoms with E-state index in [2.05, 4.69) is 15.3 Å². The minimum atomic E-state index is -0.227. The summed E-state index contributed by atoms with van der Waals surface area (Å²) in [5.41, 5.74) is 2.30. The third-order valence-corrected chi connectivity index (χ3v) is 4.86. The lowest BCUT2D eigenvalue weighted by Gasteiger charge is -2.11. The van der Waals surface area contributed by atoms with Crippen molar-refractivity contribution in [2.45, 2.75) is 11.4 Å². The van der Waals surface area contributed by atoms with Gasteiger partial charge in [-0.1, -0.05) is 35.3 Å². The largest absolute Gasteiger partial charge is 0.367 e. The lowest BCUT2D eigenvalue weighted by Crippen LogP contribution is -2.08. The van der Waals surface area contributed by atoms with E-state index in [0.29, 0.717) is 39.9 Å². The molecule has 0 aliphatic rings. The maximum Gasteiger partial charge on any atom is 0.159 e. The molecule has 1 heterocycles. The summed E-state index contributed by atoms with van der Waals surface area (Å²) in [7, 11) is 0. The van der Waals surface area contributed by atoms with E-state index in [9.17, 15) is 4.39 Å². The molecule has 0 amide bonds. The maximum atomic E-state index is 13.2. The van der Waals surface area contributed by atoms with Crippen molar-refractivity contribution in [1.29, 1.82) is 0 Å². The molecule has 7 heteroatoms. The highest BCUT2D eigenvalue weighted by Crippen LogP contribution is 2.30. The van der Waals surface area contributed by atoms with Crippen LogP contribution in [-0.2, 0) is 6.42 Å². The highest BCUT2D eigenvalue weighted by molar-refractivity contribution is 7.98. The van der Waals surface area contributed by atoms with Gasteiger partial charge < -0.3 is 5.32 Å². The van der Waals surface area contributed by atoms with Crippen molar-refractivity contribution in [3.8, 4) is 0 Å². The summed E-state index contributed by atoms with van der Waals surface area (Å²) in [4.78, 5) is 9.16. The fourth-order valence-electron chi connectivity index (χ4n) is 2.31. The molecule has 3 rings (SSSR count). The Hall–Kier alpha value is -1.56. The zero-order valence-corrected chi connectivity index (χ0v) is 15.1. The first-order valence-electron chi connectivity index (χ1n) is 7.26. The van der Waals surface area contributed by atoms with Gasteiger partial charge in [-0.05, 0) is 42.5 Å². The van der Waals surface area contributed by atoms with Gasteiger partial charge >= 0.3 is 0 Å². The normalized spacial score (nSPS) is 11.0. The van der Waals surface area contributed by atoms with Gasteiger partial charge in [-0.15, -0.1) is 11.8 Å². The lowest BCUT2D eigenvalue weighted by atomic mass is 10.1. The van der Waals surface area contributed by atoms with E-state index in [1.54, 1.807) is 18.2 Å². The number of aromatic nitrogens is 2. The van der Waals surface area contributed by atoms with Crippen molar-refractivity contribution in [3.05, 3.63) is 57.8 Å². The third-order valence-electron chi connectivity index (χ3n) is 3.46. The summed E-state index contributed by atoms with van der Waals surface area (Å²) in [6.45, 7) is 0.624. The van der Waals surface area contributed by atoms with Crippen LogP contribution in [0.3, 0.4) is 0 Å². The Bertz CT molecular complexity index is 889. The standard InChI is InChI=1S/C17H14Cl2FN3S/c1-24-17-16(21-6-5-10-3-2-4-11(20)7-10)22-14-8-12(18)13(19)9-15(14)23-17/h2-4,7-9H,5-6H2,1H3,(H,21,22). The van der Waals surface area contributed by atoms with Gasteiger partial charge in [0.2, 0.25) is 0 Å². The molecule has 0 unspecified atom stereocenters. The average Bonchev–Trinajstić information content (AvgIpc) is 2.56. The zero-order chi connectivity index (χ0) is 17.1. The molecule has 3 nitrogen and oxygen atoms in total. The van der Waals surface area contributed by atoms with Crippen molar-refractivity contribution in [2.75, 3.05) is 18.1 Å². The van der Waals surface area contributed by atoms with Gasteiger partial charge in [0.1, 0.15) is 10.8 Å². The molecule has 2 aromatic carbocycles. The second kappa shape index (κ2) is 7.55. The number of nitrogens with one attached hydrogen (secondary N) is 1. The summed E-state index contributed by atoms with van der Waals surface area (Å²) in [5, 5.41) is 4.94. The van der Waals surface area contributed by atoms with Gasteiger partial charge in [-0.25, -0.2) is 14.4 Å². The second-order valence-electron chi connectivity index (χ2n) is 5.14. The SMILES string of the molecule is CSc1nc2cc(Cl)c(Cl)cc2nc1NCCc1cccc(F)c1. The predicted molar refractivity (Wildman–Crippen MR) is 99.9 cm³/mol. The van der Waals surface area contributed by atoms with E-state index in [1.807, 2.05) is 12.3 Å². The van der Waals surface area contributed by atoms with Crippen LogP contribution in [0.4, 0.5) is 10.2 Å². The predicted octanol–water partition coefficient (Wildman–Crippen LogP) is 5.45. The van der Waals surface area contributed by atoms with Crippen LogP contribution in [0.2, 0.25) is 10.0 Å². The van der Waals surface area contributed by atoms with Crippen LogP contribution < -0.4 is 5.32 Å². The molecular weight excluding hydrogens is 368 g/mol. The number of rotatable bonds is 5. The fraction of sp³-hybridized carbons (Fsp3) is 0.176. The Morgan fingerprint density at radius 2 is 1.79 bits per heavy atom. The first-order valence-corrected chi connectivity index (χ1v) is 9.24. The number of thioether (sulfide) groups is 1. The molecule has 0 saturated carbocycles. The monoisotopic (exact) mass is 381 g/mol. The number of fused-ring (bicyclic) bond motifs is 1. The highest BCUT2D eigenvalue weighted by Gasteiger charge is 2.10. The Balaban J connectivity index is 1.81. The quantitative estimate of drug-likeness (QED) is 0.596. The summed E-state index contributed by atoms with van der Waals surface area (Å²) >= 11 is 13.6. The molecule has 1 aromatic heterocycles. The van der Waals surface area contributed by atoms with Gasteiger partial charge in [0.15, 0.2) is 5.82 Å². The molecule has 0 saturated heterocycles.